The minimum atomic E-state index is 0.0306. The summed E-state index contributed by atoms with van der Waals surface area (Å²) in [7, 11) is 0. The number of fused-ring (bicyclic) bond motifs is 1. The van der Waals surface area contributed by atoms with Crippen LogP contribution in [0.25, 0.3) is 6.08 Å². The van der Waals surface area contributed by atoms with E-state index < -0.39 is 0 Å². The van der Waals surface area contributed by atoms with Crippen molar-refractivity contribution in [2.45, 2.75) is 6.42 Å². The van der Waals surface area contributed by atoms with Gasteiger partial charge in [-0.3, -0.25) is 9.59 Å². The minimum absolute atomic E-state index is 0.0306. The Morgan fingerprint density at radius 1 is 1.31 bits per heavy atom. The molecule has 2 rings (SSSR count). The Morgan fingerprint density at radius 2 is 2.15 bits per heavy atom. The highest BCUT2D eigenvalue weighted by molar-refractivity contribution is 5.98. The van der Waals surface area contributed by atoms with E-state index in [2.05, 4.69) is 4.98 Å². The second-order valence-corrected chi connectivity index (χ2v) is 2.87. The van der Waals surface area contributed by atoms with E-state index in [1.807, 2.05) is 0 Å². The largest absolute Gasteiger partial charge is 0.296 e. The average molecular weight is 173 g/mol. The molecule has 0 amide bonds. The van der Waals surface area contributed by atoms with E-state index in [0.717, 1.165) is 5.56 Å². The number of allylic oxidation sites excluding steroid dienone is 1. The van der Waals surface area contributed by atoms with Gasteiger partial charge in [-0.2, -0.15) is 0 Å². The monoisotopic (exact) mass is 173 g/mol. The quantitative estimate of drug-likeness (QED) is 0.596. The molecular weight excluding hydrogens is 166 g/mol. The molecular formula is C10H7NO2. The molecule has 3 heteroatoms. The summed E-state index contributed by atoms with van der Waals surface area (Å²) in [5, 5.41) is 0. The van der Waals surface area contributed by atoms with Gasteiger partial charge >= 0.3 is 0 Å². The number of aromatic nitrogens is 1. The summed E-state index contributed by atoms with van der Waals surface area (Å²) in [4.78, 5) is 25.5. The van der Waals surface area contributed by atoms with Crippen LogP contribution in [0, 0.1) is 0 Å². The summed E-state index contributed by atoms with van der Waals surface area (Å²) in [5.74, 6) is 0.0306. The second-order valence-electron chi connectivity index (χ2n) is 2.87. The third kappa shape index (κ3) is 1.40. The Morgan fingerprint density at radius 3 is 2.92 bits per heavy atom. The molecule has 0 unspecified atom stereocenters. The lowest BCUT2D eigenvalue weighted by Gasteiger charge is -2.07. The standard InChI is InChI=1S/C10H7NO2/c12-6-8-3-1-7-2-4-9(13)5-10(7)11-8/h1-4,6H,5H2. The van der Waals surface area contributed by atoms with Gasteiger partial charge in [0.25, 0.3) is 0 Å². The van der Waals surface area contributed by atoms with Crippen molar-refractivity contribution >= 4 is 18.1 Å². The van der Waals surface area contributed by atoms with Gasteiger partial charge in [-0.1, -0.05) is 6.07 Å². The summed E-state index contributed by atoms with van der Waals surface area (Å²) in [6.07, 6.45) is 4.24. The Kier molecular flexibility index (Phi) is 1.77. The molecule has 1 aromatic rings. The zero-order chi connectivity index (χ0) is 9.26. The SMILES string of the molecule is O=Cc1ccc2c(n1)CC(=O)C=C2. The van der Waals surface area contributed by atoms with Crippen molar-refractivity contribution < 1.29 is 9.59 Å². The van der Waals surface area contributed by atoms with E-state index >= 15 is 0 Å². The van der Waals surface area contributed by atoms with Gasteiger partial charge < -0.3 is 0 Å². The fraction of sp³-hybridized carbons (Fsp3) is 0.100. The van der Waals surface area contributed by atoms with Gasteiger partial charge in [0.05, 0.1) is 12.1 Å². The summed E-state index contributed by atoms with van der Waals surface area (Å²) in [6, 6.07) is 3.45. The number of hydrogen-bond donors (Lipinski definition) is 0. The molecule has 0 atom stereocenters. The topological polar surface area (TPSA) is 47.0 Å². The number of pyridine rings is 1. The van der Waals surface area contributed by atoms with Crippen LogP contribution in [-0.4, -0.2) is 17.1 Å². The van der Waals surface area contributed by atoms with Crippen molar-refractivity contribution in [1.82, 2.24) is 4.98 Å². The zero-order valence-electron chi connectivity index (χ0n) is 6.86. The van der Waals surface area contributed by atoms with E-state index in [-0.39, 0.29) is 5.78 Å². The van der Waals surface area contributed by atoms with Crippen LogP contribution in [0.15, 0.2) is 18.2 Å². The highest BCUT2D eigenvalue weighted by Gasteiger charge is 2.11. The third-order valence-corrected chi connectivity index (χ3v) is 1.94. The van der Waals surface area contributed by atoms with Crippen molar-refractivity contribution in [3.63, 3.8) is 0 Å². The third-order valence-electron chi connectivity index (χ3n) is 1.94. The maximum atomic E-state index is 11.0. The van der Waals surface area contributed by atoms with E-state index in [0.29, 0.717) is 24.1 Å². The van der Waals surface area contributed by atoms with E-state index in [9.17, 15) is 9.59 Å². The van der Waals surface area contributed by atoms with E-state index in [1.165, 1.54) is 6.08 Å². The minimum Gasteiger partial charge on any atom is -0.296 e. The summed E-state index contributed by atoms with van der Waals surface area (Å²) >= 11 is 0. The van der Waals surface area contributed by atoms with Crippen LogP contribution in [-0.2, 0) is 11.2 Å². The molecule has 0 bridgehead atoms. The summed E-state index contributed by atoms with van der Waals surface area (Å²) in [6.45, 7) is 0. The zero-order valence-corrected chi connectivity index (χ0v) is 6.86. The maximum absolute atomic E-state index is 11.0. The van der Waals surface area contributed by atoms with Crippen molar-refractivity contribution in [3.05, 3.63) is 35.2 Å². The molecule has 0 radical (unpaired) electrons. The fourth-order valence-electron chi connectivity index (χ4n) is 1.29. The van der Waals surface area contributed by atoms with Crippen LogP contribution < -0.4 is 0 Å². The number of carbonyl (C=O) groups excluding carboxylic acids is 2. The Labute approximate surface area is 75.1 Å². The predicted octanol–water partition coefficient (Wildman–Crippen LogP) is 1.03. The molecule has 0 fully saturated rings. The highest BCUT2D eigenvalue weighted by atomic mass is 16.1. The van der Waals surface area contributed by atoms with Crippen LogP contribution in [0.1, 0.15) is 21.7 Å². The molecule has 0 aliphatic heterocycles. The molecule has 1 aliphatic rings. The number of hydrogen-bond acceptors (Lipinski definition) is 3. The normalized spacial score (nSPS) is 14.0. The highest BCUT2D eigenvalue weighted by Crippen LogP contribution is 2.14. The number of carbonyl (C=O) groups is 2. The van der Waals surface area contributed by atoms with Gasteiger partial charge in [-0.05, 0) is 23.8 Å². The molecule has 13 heavy (non-hydrogen) atoms. The molecule has 0 N–H and O–H groups in total. The van der Waals surface area contributed by atoms with E-state index in [1.54, 1.807) is 18.2 Å². The molecule has 1 aliphatic carbocycles. The number of ketones is 1. The molecule has 3 nitrogen and oxygen atoms in total. The first-order chi connectivity index (χ1) is 6.29. The number of aldehydes is 1. The van der Waals surface area contributed by atoms with Crippen molar-refractivity contribution in [1.29, 1.82) is 0 Å². The van der Waals surface area contributed by atoms with Crippen molar-refractivity contribution in [2.24, 2.45) is 0 Å². The first-order valence-corrected chi connectivity index (χ1v) is 3.95. The first-order valence-electron chi connectivity index (χ1n) is 3.95. The lowest BCUT2D eigenvalue weighted by molar-refractivity contribution is -0.114. The van der Waals surface area contributed by atoms with Gasteiger partial charge in [-0.25, -0.2) is 4.98 Å². The predicted molar refractivity (Wildman–Crippen MR) is 47.4 cm³/mol. The smallest absolute Gasteiger partial charge is 0.168 e. The summed E-state index contributed by atoms with van der Waals surface area (Å²) in [5.41, 5.74) is 1.99. The van der Waals surface area contributed by atoms with Crippen LogP contribution in [0.5, 0.6) is 0 Å². The Balaban J connectivity index is 2.52. The second kappa shape index (κ2) is 2.94. The molecule has 0 aromatic carbocycles. The summed E-state index contributed by atoms with van der Waals surface area (Å²) < 4.78 is 0. The molecule has 0 saturated heterocycles. The first kappa shape index (κ1) is 7.86. The van der Waals surface area contributed by atoms with Crippen molar-refractivity contribution in [2.75, 3.05) is 0 Å². The van der Waals surface area contributed by atoms with E-state index in [4.69, 9.17) is 0 Å². The van der Waals surface area contributed by atoms with Crippen LogP contribution >= 0.6 is 0 Å². The van der Waals surface area contributed by atoms with Gasteiger partial charge in [0.1, 0.15) is 5.69 Å². The molecule has 0 spiro atoms. The van der Waals surface area contributed by atoms with Gasteiger partial charge in [0.2, 0.25) is 0 Å². The number of nitrogens with zero attached hydrogens (tertiary/aromatic N) is 1. The molecule has 64 valence electrons. The van der Waals surface area contributed by atoms with Crippen LogP contribution in [0.3, 0.4) is 0 Å². The molecule has 0 saturated carbocycles. The average Bonchev–Trinajstić information content (AvgIpc) is 2.16. The Bertz CT molecular complexity index is 407. The van der Waals surface area contributed by atoms with Gasteiger partial charge in [-0.15, -0.1) is 0 Å². The lowest BCUT2D eigenvalue weighted by Crippen LogP contribution is -2.08. The number of rotatable bonds is 1. The van der Waals surface area contributed by atoms with Gasteiger partial charge in [0, 0.05) is 0 Å². The van der Waals surface area contributed by atoms with Crippen LogP contribution in [0.2, 0.25) is 0 Å². The maximum Gasteiger partial charge on any atom is 0.168 e. The van der Waals surface area contributed by atoms with Crippen LogP contribution in [0.4, 0.5) is 0 Å². The van der Waals surface area contributed by atoms with Crippen molar-refractivity contribution in [3.8, 4) is 0 Å². The fourth-order valence-corrected chi connectivity index (χ4v) is 1.29. The van der Waals surface area contributed by atoms with Gasteiger partial charge in [0.15, 0.2) is 12.1 Å². The molecule has 1 heterocycles. The Hall–Kier alpha value is -1.77. The lowest BCUT2D eigenvalue weighted by atomic mass is 10.0. The molecule has 1 aromatic heterocycles.